The van der Waals surface area contributed by atoms with E-state index in [2.05, 4.69) is 32.9 Å². The Morgan fingerprint density at radius 3 is 2.46 bits per heavy atom. The van der Waals surface area contributed by atoms with Crippen LogP contribution in [0.1, 0.15) is 69.3 Å². The van der Waals surface area contributed by atoms with Gasteiger partial charge in [-0.05, 0) is 83.7 Å². The summed E-state index contributed by atoms with van der Waals surface area (Å²) in [6.07, 6.45) is 8.89. The number of benzene rings is 2. The van der Waals surface area contributed by atoms with E-state index in [0.29, 0.717) is 34.2 Å². The van der Waals surface area contributed by atoms with Crippen molar-refractivity contribution >= 4 is 16.7 Å². The van der Waals surface area contributed by atoms with Crippen LogP contribution in [0.4, 0.5) is 0 Å². The predicted octanol–water partition coefficient (Wildman–Crippen LogP) is 6.27. The third-order valence-corrected chi connectivity index (χ3v) is 7.18. The van der Waals surface area contributed by atoms with Crippen LogP contribution in [0.2, 0.25) is 0 Å². The number of fused-ring (bicyclic) bond motifs is 3. The summed E-state index contributed by atoms with van der Waals surface area (Å²) in [5, 5.41) is 42.9. The van der Waals surface area contributed by atoms with Gasteiger partial charge >= 0.3 is 5.97 Å². The number of allylic oxidation sites excluding steroid dienone is 4. The molecule has 1 aromatic heterocycles. The summed E-state index contributed by atoms with van der Waals surface area (Å²) in [7, 11) is 0. The van der Waals surface area contributed by atoms with Gasteiger partial charge < -0.3 is 25.2 Å². The van der Waals surface area contributed by atoms with Crippen molar-refractivity contribution in [1.29, 1.82) is 0 Å². The minimum absolute atomic E-state index is 0.0483. The van der Waals surface area contributed by atoms with Gasteiger partial charge in [0.05, 0.1) is 17.1 Å². The molecule has 0 fully saturated rings. The smallest absolute Gasteiger partial charge is 0.335 e. The van der Waals surface area contributed by atoms with Gasteiger partial charge in [0.25, 0.3) is 0 Å². The Morgan fingerprint density at radius 1 is 1.11 bits per heavy atom. The fourth-order valence-corrected chi connectivity index (χ4v) is 4.84. The first-order valence-electron chi connectivity index (χ1n) is 12.6. The SMILES string of the molecule is CC(C)=CCCC(C)=CCCC1(C)Oc2c(c(O)cc3c(O)n(-c4ccc(C(=O)O)cc4)cc23)CC1O. The quantitative estimate of drug-likeness (QED) is 0.269. The summed E-state index contributed by atoms with van der Waals surface area (Å²) >= 11 is 0. The normalized spacial score (nSPS) is 19.4. The average molecular weight is 506 g/mol. The summed E-state index contributed by atoms with van der Waals surface area (Å²) in [4.78, 5) is 11.2. The molecule has 2 aromatic carbocycles. The predicted molar refractivity (Wildman–Crippen MR) is 144 cm³/mol. The Balaban J connectivity index is 1.63. The molecule has 1 aliphatic heterocycles. The molecule has 0 amide bonds. The molecule has 0 saturated carbocycles. The molecule has 4 rings (SSSR count). The number of aliphatic hydroxyl groups is 1. The van der Waals surface area contributed by atoms with Gasteiger partial charge in [-0.3, -0.25) is 4.57 Å². The maximum absolute atomic E-state index is 11.2. The molecule has 2 atom stereocenters. The van der Waals surface area contributed by atoms with E-state index in [-0.39, 0.29) is 23.6 Å². The van der Waals surface area contributed by atoms with Crippen molar-refractivity contribution in [3.05, 3.63) is 71.0 Å². The van der Waals surface area contributed by atoms with E-state index in [0.717, 1.165) is 19.3 Å². The monoisotopic (exact) mass is 505 g/mol. The number of phenols is 1. The third kappa shape index (κ3) is 5.37. The molecule has 4 N–H and O–H groups in total. The fraction of sp³-hybridized carbons (Fsp3) is 0.367. The first kappa shape index (κ1) is 26.4. The summed E-state index contributed by atoms with van der Waals surface area (Å²) in [6.45, 7) is 8.18. The highest BCUT2D eigenvalue weighted by Crippen LogP contribution is 2.47. The summed E-state index contributed by atoms with van der Waals surface area (Å²) in [5.74, 6) is -0.727. The van der Waals surface area contributed by atoms with Gasteiger partial charge in [-0.15, -0.1) is 0 Å². The number of carboxylic acids is 1. The van der Waals surface area contributed by atoms with Crippen molar-refractivity contribution < 1.29 is 30.0 Å². The molecule has 37 heavy (non-hydrogen) atoms. The van der Waals surface area contributed by atoms with Gasteiger partial charge in [-0.2, -0.15) is 0 Å². The van der Waals surface area contributed by atoms with Crippen molar-refractivity contribution in [3.63, 3.8) is 0 Å². The van der Waals surface area contributed by atoms with E-state index >= 15 is 0 Å². The van der Waals surface area contributed by atoms with Crippen LogP contribution in [-0.4, -0.2) is 42.7 Å². The van der Waals surface area contributed by atoms with Crippen LogP contribution in [0.15, 0.2) is 59.8 Å². The molecule has 3 aromatic rings. The lowest BCUT2D eigenvalue weighted by Crippen LogP contribution is -2.48. The van der Waals surface area contributed by atoms with E-state index in [9.17, 15) is 25.2 Å². The molecule has 0 aliphatic carbocycles. The maximum Gasteiger partial charge on any atom is 0.335 e. The van der Waals surface area contributed by atoms with Crippen LogP contribution in [0.5, 0.6) is 17.4 Å². The zero-order valence-electron chi connectivity index (χ0n) is 21.8. The van der Waals surface area contributed by atoms with Crippen molar-refractivity contribution in [2.45, 2.75) is 71.5 Å². The number of carboxylic acid groups (broad SMARTS) is 1. The number of carbonyl (C=O) groups is 1. The molecule has 0 saturated heterocycles. The number of nitrogens with zero attached hydrogens (tertiary/aromatic N) is 1. The number of aliphatic hydroxyl groups excluding tert-OH is 1. The minimum Gasteiger partial charge on any atom is -0.508 e. The summed E-state index contributed by atoms with van der Waals surface area (Å²) in [6, 6.07) is 7.62. The number of hydrogen-bond donors (Lipinski definition) is 4. The highest BCUT2D eigenvalue weighted by atomic mass is 16.5. The lowest BCUT2D eigenvalue weighted by molar-refractivity contribution is -0.0581. The van der Waals surface area contributed by atoms with E-state index in [1.165, 1.54) is 33.9 Å². The number of aromatic nitrogens is 1. The van der Waals surface area contributed by atoms with Gasteiger partial charge in [0.2, 0.25) is 5.88 Å². The Bertz CT molecular complexity index is 1380. The summed E-state index contributed by atoms with van der Waals surface area (Å²) in [5.41, 5.74) is 2.95. The highest BCUT2D eigenvalue weighted by Gasteiger charge is 2.41. The van der Waals surface area contributed by atoms with Crippen LogP contribution in [-0.2, 0) is 6.42 Å². The van der Waals surface area contributed by atoms with Crippen molar-refractivity contribution in [2.24, 2.45) is 0 Å². The Kier molecular flexibility index (Phi) is 7.37. The zero-order valence-corrected chi connectivity index (χ0v) is 21.8. The zero-order chi connectivity index (χ0) is 26.9. The number of ether oxygens (including phenoxy) is 1. The maximum atomic E-state index is 11.2. The first-order chi connectivity index (χ1) is 17.5. The van der Waals surface area contributed by atoms with Crippen LogP contribution < -0.4 is 4.74 Å². The number of hydrogen-bond acceptors (Lipinski definition) is 5. The summed E-state index contributed by atoms with van der Waals surface area (Å²) < 4.78 is 7.95. The average Bonchev–Trinajstić information content (AvgIpc) is 3.16. The third-order valence-electron chi connectivity index (χ3n) is 7.18. The van der Waals surface area contributed by atoms with E-state index in [1.54, 1.807) is 18.3 Å². The number of aromatic hydroxyl groups is 2. The molecule has 2 unspecified atom stereocenters. The molecular weight excluding hydrogens is 470 g/mol. The number of aromatic carboxylic acids is 1. The van der Waals surface area contributed by atoms with Crippen LogP contribution in [0.25, 0.3) is 16.5 Å². The van der Waals surface area contributed by atoms with E-state index in [4.69, 9.17) is 4.74 Å². The Labute approximate surface area is 216 Å². The minimum atomic E-state index is -1.03. The van der Waals surface area contributed by atoms with Crippen molar-refractivity contribution in [3.8, 4) is 23.1 Å². The van der Waals surface area contributed by atoms with Gasteiger partial charge in [-0.1, -0.05) is 23.3 Å². The second-order valence-electron chi connectivity index (χ2n) is 10.4. The molecule has 2 heterocycles. The molecule has 0 bridgehead atoms. The highest BCUT2D eigenvalue weighted by molar-refractivity contribution is 5.96. The fourth-order valence-electron chi connectivity index (χ4n) is 4.84. The molecule has 7 nitrogen and oxygen atoms in total. The Morgan fingerprint density at radius 2 is 1.81 bits per heavy atom. The second kappa shape index (κ2) is 10.3. The molecule has 0 spiro atoms. The van der Waals surface area contributed by atoms with E-state index < -0.39 is 17.7 Å². The van der Waals surface area contributed by atoms with Gasteiger partial charge in [-0.25, -0.2) is 4.79 Å². The Hall–Kier alpha value is -3.71. The van der Waals surface area contributed by atoms with Crippen LogP contribution in [0, 0.1) is 0 Å². The van der Waals surface area contributed by atoms with Crippen LogP contribution in [0.3, 0.4) is 0 Å². The topological polar surface area (TPSA) is 112 Å². The van der Waals surface area contributed by atoms with Crippen LogP contribution >= 0.6 is 0 Å². The molecule has 196 valence electrons. The number of phenolic OH excluding ortho intramolecular Hbond substituents is 1. The lowest BCUT2D eigenvalue weighted by Gasteiger charge is -2.40. The van der Waals surface area contributed by atoms with Gasteiger partial charge in [0, 0.05) is 29.3 Å². The van der Waals surface area contributed by atoms with Crippen molar-refractivity contribution in [1.82, 2.24) is 4.57 Å². The van der Waals surface area contributed by atoms with Gasteiger partial charge in [0.1, 0.15) is 17.1 Å². The second-order valence-corrected chi connectivity index (χ2v) is 10.4. The number of rotatable bonds is 8. The van der Waals surface area contributed by atoms with Gasteiger partial charge in [0.15, 0.2) is 0 Å². The first-order valence-corrected chi connectivity index (χ1v) is 12.6. The van der Waals surface area contributed by atoms with E-state index in [1.807, 2.05) is 6.92 Å². The largest absolute Gasteiger partial charge is 0.508 e. The molecule has 1 aliphatic rings. The lowest BCUT2D eigenvalue weighted by atomic mass is 9.84. The molecular formula is C30H35NO6. The standard InChI is InChI=1S/C30H35NO6/c1-18(2)7-5-8-19(3)9-6-14-30(4)26(33)16-23-25(32)15-22-24(27(23)37-30)17-31(28(22)34)21-12-10-20(11-13-21)29(35)36/h7,9-13,15,17,26,32-34H,5-6,8,14,16H2,1-4H3,(H,35,36). The molecule has 0 radical (unpaired) electrons. The van der Waals surface area contributed by atoms with Crippen molar-refractivity contribution in [2.75, 3.05) is 0 Å². The molecule has 7 heteroatoms.